The van der Waals surface area contributed by atoms with Crippen molar-refractivity contribution in [1.29, 1.82) is 0 Å². The molecule has 22 heteroatoms. The van der Waals surface area contributed by atoms with Gasteiger partial charge in [-0.2, -0.15) is 61.5 Å². The SMILES string of the molecule is COC(=O)c1c(-c2ccc(Br)cc2)csc1NC(=O)C(F)(F)C(F)(F)C(F)(F)C(F)(F)C(F)(F)C(F)(F)C(F)(F)C(F)F. The molecule has 1 heterocycles. The molecule has 0 saturated carbocycles. The number of alkyl halides is 16. The number of carbonyl (C=O) groups is 2. The third kappa shape index (κ3) is 5.41. The van der Waals surface area contributed by atoms with Gasteiger partial charge in [0, 0.05) is 15.4 Å². The Morgan fingerprint density at radius 3 is 1.65 bits per heavy atom. The Balaban J connectivity index is 2.59. The minimum atomic E-state index is -8.65. The molecule has 1 aromatic heterocycles. The lowest BCUT2D eigenvalue weighted by Crippen LogP contribution is -2.74. The molecule has 0 unspecified atom stereocenters. The summed E-state index contributed by atoms with van der Waals surface area (Å²) >= 11 is 3.12. The number of thiophene rings is 1. The molecule has 4 nitrogen and oxygen atoms in total. The molecule has 0 aliphatic heterocycles. The van der Waals surface area contributed by atoms with Gasteiger partial charge in [-0.1, -0.05) is 28.1 Å². The van der Waals surface area contributed by atoms with E-state index in [-0.39, 0.29) is 22.5 Å². The molecule has 0 saturated heterocycles. The van der Waals surface area contributed by atoms with Gasteiger partial charge in [0.15, 0.2) is 0 Å². The first-order chi connectivity index (χ1) is 19.2. The first-order valence-corrected chi connectivity index (χ1v) is 12.1. The van der Waals surface area contributed by atoms with E-state index in [1.807, 2.05) is 0 Å². The van der Waals surface area contributed by atoms with E-state index < -0.39 is 70.3 Å². The summed E-state index contributed by atoms with van der Waals surface area (Å²) in [6, 6.07) is 5.26. The normalized spacial score (nSPS) is 14.2. The standard InChI is InChI=1S/C21H10BrF16NO3S/c1-42-12(40)10-9(7-2-4-8(22)5-3-7)6-43-11(10)39-14(41)16(27,28)18(31,32)20(35,36)21(37,38)19(33,34)17(29,30)15(25,26)13(23)24/h2-6,13H,1H3,(H,39,41). The van der Waals surface area contributed by atoms with Crippen LogP contribution in [0.1, 0.15) is 10.4 Å². The molecule has 242 valence electrons. The van der Waals surface area contributed by atoms with Crippen LogP contribution in [-0.2, 0) is 9.53 Å². The molecular weight excluding hydrogens is 730 g/mol. The number of amides is 1. The van der Waals surface area contributed by atoms with Gasteiger partial charge in [-0.15, -0.1) is 11.3 Å². The molecule has 0 fully saturated rings. The minimum Gasteiger partial charge on any atom is -0.465 e. The van der Waals surface area contributed by atoms with Crippen molar-refractivity contribution in [3.63, 3.8) is 0 Å². The second-order valence-corrected chi connectivity index (χ2v) is 9.97. The van der Waals surface area contributed by atoms with E-state index in [4.69, 9.17) is 0 Å². The maximum Gasteiger partial charge on any atom is 0.393 e. The molecule has 1 N–H and O–H groups in total. The number of nitrogens with one attached hydrogen (secondary N) is 1. The van der Waals surface area contributed by atoms with Crippen LogP contribution in [0.5, 0.6) is 0 Å². The number of benzene rings is 1. The quantitative estimate of drug-likeness (QED) is 0.186. The van der Waals surface area contributed by atoms with E-state index >= 15 is 0 Å². The fourth-order valence-corrected chi connectivity index (χ4v) is 4.27. The van der Waals surface area contributed by atoms with Crippen molar-refractivity contribution in [2.24, 2.45) is 0 Å². The summed E-state index contributed by atoms with van der Waals surface area (Å²) in [4.78, 5) is 24.2. The largest absolute Gasteiger partial charge is 0.465 e. The number of hydrogen-bond donors (Lipinski definition) is 1. The van der Waals surface area contributed by atoms with E-state index in [9.17, 15) is 79.8 Å². The van der Waals surface area contributed by atoms with Crippen LogP contribution in [-0.4, -0.2) is 66.9 Å². The van der Waals surface area contributed by atoms with Gasteiger partial charge in [-0.3, -0.25) is 4.79 Å². The molecule has 2 aromatic rings. The van der Waals surface area contributed by atoms with E-state index in [1.54, 1.807) is 0 Å². The molecule has 1 amide bonds. The van der Waals surface area contributed by atoms with Crippen molar-refractivity contribution in [1.82, 2.24) is 0 Å². The number of hydrogen-bond acceptors (Lipinski definition) is 4. The van der Waals surface area contributed by atoms with E-state index in [0.29, 0.717) is 11.6 Å². The summed E-state index contributed by atoms with van der Waals surface area (Å²) < 4.78 is 222. The van der Waals surface area contributed by atoms with E-state index in [1.165, 1.54) is 24.3 Å². The topological polar surface area (TPSA) is 55.4 Å². The van der Waals surface area contributed by atoms with Gasteiger partial charge in [0.2, 0.25) is 0 Å². The van der Waals surface area contributed by atoms with Crippen molar-refractivity contribution >= 4 is 44.1 Å². The maximum atomic E-state index is 14.3. The summed E-state index contributed by atoms with van der Waals surface area (Å²) in [7, 11) is 0.690. The highest BCUT2D eigenvalue weighted by Gasteiger charge is 2.94. The number of esters is 1. The van der Waals surface area contributed by atoms with Crippen LogP contribution < -0.4 is 5.32 Å². The van der Waals surface area contributed by atoms with Crippen LogP contribution in [0.15, 0.2) is 34.1 Å². The van der Waals surface area contributed by atoms with Crippen molar-refractivity contribution in [2.75, 3.05) is 12.4 Å². The average Bonchev–Trinajstić information content (AvgIpc) is 3.30. The first-order valence-electron chi connectivity index (χ1n) is 10.4. The number of anilines is 1. The van der Waals surface area contributed by atoms with Gasteiger partial charge in [-0.25, -0.2) is 13.6 Å². The Kier molecular flexibility index (Phi) is 9.56. The highest BCUT2D eigenvalue weighted by Crippen LogP contribution is 2.63. The van der Waals surface area contributed by atoms with Gasteiger partial charge in [-0.05, 0) is 17.7 Å². The second kappa shape index (κ2) is 11.3. The van der Waals surface area contributed by atoms with Crippen LogP contribution in [0.25, 0.3) is 11.1 Å². The van der Waals surface area contributed by atoms with Gasteiger partial charge in [0.1, 0.15) is 10.6 Å². The van der Waals surface area contributed by atoms with Crippen molar-refractivity contribution < 1.29 is 84.6 Å². The Morgan fingerprint density at radius 2 is 1.21 bits per heavy atom. The Bertz CT molecular complexity index is 1360. The number of ether oxygens (including phenoxy) is 1. The molecule has 0 atom stereocenters. The summed E-state index contributed by atoms with van der Waals surface area (Å²) in [5, 5.41) is 0.524. The first kappa shape index (κ1) is 36.4. The fraction of sp³-hybridized carbons (Fsp3) is 0.429. The summed E-state index contributed by atoms with van der Waals surface area (Å²) in [6.45, 7) is 0. The molecular formula is C21H10BrF16NO3S. The summed E-state index contributed by atoms with van der Waals surface area (Å²) in [6.07, 6.45) is -5.97. The number of halogens is 17. The Morgan fingerprint density at radius 1 is 0.767 bits per heavy atom. The lowest BCUT2D eigenvalue weighted by molar-refractivity contribution is -0.443. The third-order valence-corrected chi connectivity index (χ3v) is 6.94. The van der Waals surface area contributed by atoms with E-state index in [0.717, 1.165) is 10.7 Å². The van der Waals surface area contributed by atoms with E-state index in [2.05, 4.69) is 20.7 Å². The van der Waals surface area contributed by atoms with Crippen LogP contribution in [0.3, 0.4) is 0 Å². The van der Waals surface area contributed by atoms with Gasteiger partial charge < -0.3 is 10.1 Å². The Labute approximate surface area is 240 Å². The van der Waals surface area contributed by atoms with Gasteiger partial charge in [0.25, 0.3) is 0 Å². The number of rotatable bonds is 11. The highest BCUT2D eigenvalue weighted by molar-refractivity contribution is 9.10. The van der Waals surface area contributed by atoms with Crippen LogP contribution in [0.2, 0.25) is 0 Å². The highest BCUT2D eigenvalue weighted by atomic mass is 79.9. The zero-order chi connectivity index (χ0) is 33.8. The average molecular weight is 740 g/mol. The molecule has 0 spiro atoms. The second-order valence-electron chi connectivity index (χ2n) is 8.18. The molecule has 0 aliphatic carbocycles. The molecule has 43 heavy (non-hydrogen) atoms. The van der Waals surface area contributed by atoms with Gasteiger partial charge in [0.05, 0.1) is 7.11 Å². The molecule has 0 aliphatic rings. The van der Waals surface area contributed by atoms with Crippen LogP contribution in [0, 0.1) is 0 Å². The van der Waals surface area contributed by atoms with Crippen molar-refractivity contribution in [3.8, 4) is 11.1 Å². The smallest absolute Gasteiger partial charge is 0.393 e. The third-order valence-electron chi connectivity index (χ3n) is 5.51. The van der Waals surface area contributed by atoms with Gasteiger partial charge >= 0.3 is 59.8 Å². The molecule has 0 radical (unpaired) electrons. The predicted molar refractivity (Wildman–Crippen MR) is 118 cm³/mol. The molecule has 0 bridgehead atoms. The Hall–Kier alpha value is -2.78. The van der Waals surface area contributed by atoms with Crippen LogP contribution in [0.4, 0.5) is 75.2 Å². The monoisotopic (exact) mass is 739 g/mol. The number of methoxy groups -OCH3 is 1. The lowest BCUT2D eigenvalue weighted by Gasteiger charge is -2.42. The zero-order valence-corrected chi connectivity index (χ0v) is 22.4. The molecule has 2 rings (SSSR count). The van der Waals surface area contributed by atoms with Crippen LogP contribution >= 0.6 is 27.3 Å². The van der Waals surface area contributed by atoms with Crippen molar-refractivity contribution in [2.45, 2.75) is 47.9 Å². The lowest BCUT2D eigenvalue weighted by atomic mass is 9.89. The predicted octanol–water partition coefficient (Wildman–Crippen LogP) is 8.61. The summed E-state index contributed by atoms with van der Waals surface area (Å²) in [5.41, 5.74) is -1.11. The number of carbonyl (C=O) groups excluding carboxylic acids is 2. The minimum absolute atomic E-state index is 0.0624. The summed E-state index contributed by atoms with van der Waals surface area (Å²) in [5.74, 6) is -62.1. The molecule has 1 aromatic carbocycles. The maximum absolute atomic E-state index is 14.3. The zero-order valence-electron chi connectivity index (χ0n) is 20.0. The van der Waals surface area contributed by atoms with Crippen molar-refractivity contribution in [3.05, 3.63) is 39.7 Å². The fourth-order valence-electron chi connectivity index (χ4n) is 3.06.